The highest BCUT2D eigenvalue weighted by Crippen LogP contribution is 2.29. The zero-order valence-electron chi connectivity index (χ0n) is 11.1. The molecule has 0 amide bonds. The van der Waals surface area contributed by atoms with E-state index in [1.807, 2.05) is 0 Å². The summed E-state index contributed by atoms with van der Waals surface area (Å²) in [6.45, 7) is 9.37. The van der Waals surface area contributed by atoms with Crippen LogP contribution < -0.4 is 5.73 Å². The lowest BCUT2D eigenvalue weighted by atomic mass is 9.98. The van der Waals surface area contributed by atoms with Gasteiger partial charge in [-0.2, -0.15) is 0 Å². The summed E-state index contributed by atoms with van der Waals surface area (Å²) in [5, 5.41) is 0. The van der Waals surface area contributed by atoms with Crippen LogP contribution in [0, 0.1) is 13.8 Å². The number of guanidine groups is 1. The Morgan fingerprint density at radius 2 is 2.06 bits per heavy atom. The average molecular weight is 231 g/mol. The number of aliphatic imine (C=N–C) groups is 1. The number of hydrogen-bond acceptors (Lipinski definition) is 3. The lowest BCUT2D eigenvalue weighted by Gasteiger charge is -2.31. The van der Waals surface area contributed by atoms with Gasteiger partial charge in [0.05, 0.1) is 12.6 Å². The second kappa shape index (κ2) is 4.40. The molecule has 0 bridgehead atoms. The van der Waals surface area contributed by atoms with Crippen molar-refractivity contribution < 1.29 is 0 Å². The van der Waals surface area contributed by atoms with Crippen molar-refractivity contribution in [2.24, 2.45) is 10.7 Å². The third-order valence-corrected chi connectivity index (χ3v) is 3.37. The number of rotatable bonds is 2. The molecule has 3 nitrogen and oxygen atoms in total. The van der Waals surface area contributed by atoms with Gasteiger partial charge in [-0.1, -0.05) is 23.8 Å². The van der Waals surface area contributed by atoms with Gasteiger partial charge in [0.2, 0.25) is 0 Å². The average Bonchev–Trinajstić information content (AvgIpc) is 2.60. The fourth-order valence-corrected chi connectivity index (χ4v) is 2.58. The summed E-state index contributed by atoms with van der Waals surface area (Å²) >= 11 is 0. The van der Waals surface area contributed by atoms with Crippen molar-refractivity contribution in [2.45, 2.75) is 39.8 Å². The fraction of sp³-hybridized carbons (Fsp3) is 0.500. The van der Waals surface area contributed by atoms with Crippen LogP contribution in [0.1, 0.15) is 36.6 Å². The first-order chi connectivity index (χ1) is 8.00. The van der Waals surface area contributed by atoms with Crippen molar-refractivity contribution in [3.05, 3.63) is 34.9 Å². The summed E-state index contributed by atoms with van der Waals surface area (Å²) in [7, 11) is 0. The molecule has 0 fully saturated rings. The summed E-state index contributed by atoms with van der Waals surface area (Å²) in [6, 6.07) is 7.28. The molecule has 0 saturated heterocycles. The van der Waals surface area contributed by atoms with Crippen molar-refractivity contribution in [1.82, 2.24) is 4.90 Å². The molecule has 92 valence electrons. The molecule has 2 rings (SSSR count). The first-order valence-electron chi connectivity index (χ1n) is 6.16. The number of nitrogens with zero attached hydrogens (tertiary/aromatic N) is 2. The Kier molecular flexibility index (Phi) is 3.09. The molecule has 0 aromatic heterocycles. The fourth-order valence-electron chi connectivity index (χ4n) is 2.58. The maximum absolute atomic E-state index is 5.96. The van der Waals surface area contributed by atoms with Gasteiger partial charge in [0.1, 0.15) is 0 Å². The minimum Gasteiger partial charge on any atom is -0.370 e. The lowest BCUT2D eigenvalue weighted by Crippen LogP contribution is -2.41. The van der Waals surface area contributed by atoms with Crippen LogP contribution in [-0.2, 0) is 0 Å². The van der Waals surface area contributed by atoms with Crippen molar-refractivity contribution in [2.75, 3.05) is 6.54 Å². The van der Waals surface area contributed by atoms with E-state index in [2.05, 4.69) is 55.8 Å². The third kappa shape index (κ3) is 2.14. The molecule has 1 aromatic carbocycles. The smallest absolute Gasteiger partial charge is 0.192 e. The van der Waals surface area contributed by atoms with Crippen molar-refractivity contribution in [1.29, 1.82) is 0 Å². The van der Waals surface area contributed by atoms with E-state index in [0.717, 1.165) is 6.54 Å². The molecular formula is C14H21N3. The zero-order chi connectivity index (χ0) is 12.6. The Morgan fingerprint density at radius 3 is 2.65 bits per heavy atom. The predicted molar refractivity (Wildman–Crippen MR) is 72.1 cm³/mol. The van der Waals surface area contributed by atoms with Gasteiger partial charge in [-0.25, -0.2) is 0 Å². The normalized spacial score (nSPS) is 19.9. The van der Waals surface area contributed by atoms with Crippen molar-refractivity contribution in [3.8, 4) is 0 Å². The van der Waals surface area contributed by atoms with Gasteiger partial charge >= 0.3 is 0 Å². The molecule has 1 heterocycles. The molecule has 1 aromatic rings. The monoisotopic (exact) mass is 231 g/mol. The van der Waals surface area contributed by atoms with E-state index in [9.17, 15) is 0 Å². The molecule has 17 heavy (non-hydrogen) atoms. The van der Waals surface area contributed by atoms with Crippen LogP contribution in [-0.4, -0.2) is 23.4 Å². The molecule has 0 saturated carbocycles. The summed E-state index contributed by atoms with van der Waals surface area (Å²) in [5.41, 5.74) is 9.93. The predicted octanol–water partition coefficient (Wildman–Crippen LogP) is 2.38. The number of benzene rings is 1. The van der Waals surface area contributed by atoms with E-state index in [0.29, 0.717) is 18.0 Å². The highest BCUT2D eigenvalue weighted by molar-refractivity contribution is 5.80. The molecule has 1 aliphatic rings. The Hall–Kier alpha value is -1.51. The molecule has 0 aliphatic carbocycles. The molecule has 1 aliphatic heterocycles. The van der Waals surface area contributed by atoms with E-state index in [4.69, 9.17) is 5.73 Å². The maximum Gasteiger partial charge on any atom is 0.192 e. The first-order valence-corrected chi connectivity index (χ1v) is 6.16. The van der Waals surface area contributed by atoms with Crippen molar-refractivity contribution in [3.63, 3.8) is 0 Å². The SMILES string of the molecule is Cc1ccc(C2CN=C(N)N2C(C)C)c(C)c1. The van der Waals surface area contributed by atoms with Gasteiger partial charge in [0, 0.05) is 6.04 Å². The van der Waals surface area contributed by atoms with Crippen LogP contribution in [0.15, 0.2) is 23.2 Å². The van der Waals surface area contributed by atoms with Crippen LogP contribution in [0.2, 0.25) is 0 Å². The number of aryl methyl sites for hydroxylation is 2. The highest BCUT2D eigenvalue weighted by atomic mass is 15.3. The minimum atomic E-state index is 0.301. The van der Waals surface area contributed by atoms with Crippen LogP contribution in [0.5, 0.6) is 0 Å². The standard InChI is InChI=1S/C14H21N3/c1-9(2)17-13(8-16-14(17)15)12-6-5-10(3)7-11(12)4/h5-7,9,13H,8H2,1-4H3,(H2,15,16). The van der Waals surface area contributed by atoms with Crippen LogP contribution in [0.3, 0.4) is 0 Å². The van der Waals surface area contributed by atoms with Gasteiger partial charge < -0.3 is 10.6 Å². The van der Waals surface area contributed by atoms with E-state index in [1.165, 1.54) is 16.7 Å². The van der Waals surface area contributed by atoms with Gasteiger partial charge in [0.15, 0.2) is 5.96 Å². The molecule has 0 radical (unpaired) electrons. The van der Waals surface area contributed by atoms with Gasteiger partial charge in [-0.3, -0.25) is 4.99 Å². The molecule has 3 heteroatoms. The Bertz CT molecular complexity index is 449. The third-order valence-electron chi connectivity index (χ3n) is 3.37. The summed E-state index contributed by atoms with van der Waals surface area (Å²) in [5.74, 6) is 0.671. The molecule has 2 N–H and O–H groups in total. The Balaban J connectivity index is 2.35. The summed E-state index contributed by atoms with van der Waals surface area (Å²) in [6.07, 6.45) is 0. The largest absolute Gasteiger partial charge is 0.370 e. The van der Waals surface area contributed by atoms with E-state index in [-0.39, 0.29) is 0 Å². The van der Waals surface area contributed by atoms with Gasteiger partial charge in [0.25, 0.3) is 0 Å². The molecule has 0 spiro atoms. The van der Waals surface area contributed by atoms with Crippen LogP contribution in [0.4, 0.5) is 0 Å². The van der Waals surface area contributed by atoms with Gasteiger partial charge in [-0.05, 0) is 38.8 Å². The molecule has 1 atom stereocenters. The first kappa shape index (κ1) is 12.0. The zero-order valence-corrected chi connectivity index (χ0v) is 11.1. The topological polar surface area (TPSA) is 41.6 Å². The van der Waals surface area contributed by atoms with Crippen molar-refractivity contribution >= 4 is 5.96 Å². The Morgan fingerprint density at radius 1 is 1.35 bits per heavy atom. The minimum absolute atomic E-state index is 0.301. The Labute approximate surface area is 103 Å². The van der Waals surface area contributed by atoms with Crippen LogP contribution in [0.25, 0.3) is 0 Å². The van der Waals surface area contributed by atoms with E-state index >= 15 is 0 Å². The highest BCUT2D eigenvalue weighted by Gasteiger charge is 2.30. The summed E-state index contributed by atoms with van der Waals surface area (Å²) in [4.78, 5) is 6.59. The molecular weight excluding hydrogens is 210 g/mol. The van der Waals surface area contributed by atoms with E-state index < -0.39 is 0 Å². The van der Waals surface area contributed by atoms with E-state index in [1.54, 1.807) is 0 Å². The lowest BCUT2D eigenvalue weighted by molar-refractivity contribution is 0.289. The van der Waals surface area contributed by atoms with Gasteiger partial charge in [-0.15, -0.1) is 0 Å². The molecule has 1 unspecified atom stereocenters. The quantitative estimate of drug-likeness (QED) is 0.849. The maximum atomic E-state index is 5.96. The van der Waals surface area contributed by atoms with Crippen LogP contribution >= 0.6 is 0 Å². The summed E-state index contributed by atoms with van der Waals surface area (Å²) < 4.78 is 0. The number of nitrogens with two attached hydrogens (primary N) is 1. The second-order valence-corrected chi connectivity index (χ2v) is 5.08. The number of hydrogen-bond donors (Lipinski definition) is 1. The second-order valence-electron chi connectivity index (χ2n) is 5.08.